The van der Waals surface area contributed by atoms with E-state index in [0.717, 1.165) is 0 Å². The van der Waals surface area contributed by atoms with Gasteiger partial charge in [0.25, 0.3) is 0 Å². The van der Waals surface area contributed by atoms with E-state index in [-0.39, 0.29) is 12.5 Å². The summed E-state index contributed by atoms with van der Waals surface area (Å²) in [5.41, 5.74) is 0. The maximum atomic E-state index is 11.0. The predicted molar refractivity (Wildman–Crippen MR) is 49.8 cm³/mol. The van der Waals surface area contributed by atoms with E-state index in [9.17, 15) is 4.79 Å². The van der Waals surface area contributed by atoms with Crippen molar-refractivity contribution in [1.29, 1.82) is 0 Å². The molecule has 1 heterocycles. The van der Waals surface area contributed by atoms with Gasteiger partial charge < -0.3 is 9.64 Å². The third kappa shape index (κ3) is 2.98. The van der Waals surface area contributed by atoms with Crippen molar-refractivity contribution in [3.8, 4) is 0 Å². The van der Waals surface area contributed by atoms with Crippen LogP contribution in [0.4, 0.5) is 5.13 Å². The monoisotopic (exact) mass is 201 g/mol. The first-order chi connectivity index (χ1) is 6.24. The van der Waals surface area contributed by atoms with Gasteiger partial charge in [-0.05, 0) is 6.92 Å². The quantitative estimate of drug-likeness (QED) is 0.665. The fraction of sp³-hybridized carbons (Fsp3) is 0.571. The van der Waals surface area contributed by atoms with E-state index in [0.29, 0.717) is 11.7 Å². The summed E-state index contributed by atoms with van der Waals surface area (Å²) in [6.45, 7) is 2.40. The Bertz CT molecular complexity index is 263. The molecule has 6 heteroatoms. The number of ether oxygens (including phenoxy) is 1. The lowest BCUT2D eigenvalue weighted by atomic mass is 10.6. The number of carbonyl (C=O) groups is 1. The average Bonchev–Trinajstić information content (AvgIpc) is 2.55. The van der Waals surface area contributed by atoms with Crippen LogP contribution >= 0.6 is 11.5 Å². The first-order valence-corrected chi connectivity index (χ1v) is 4.64. The molecular weight excluding hydrogens is 190 g/mol. The number of rotatable bonds is 4. The van der Waals surface area contributed by atoms with Gasteiger partial charge in [-0.25, -0.2) is 4.98 Å². The van der Waals surface area contributed by atoms with Crippen LogP contribution in [0.1, 0.15) is 6.92 Å². The molecule has 72 valence electrons. The first kappa shape index (κ1) is 9.91. The summed E-state index contributed by atoms with van der Waals surface area (Å²) < 4.78 is 8.62. The zero-order valence-corrected chi connectivity index (χ0v) is 8.37. The molecule has 0 radical (unpaired) electrons. The molecule has 0 aliphatic carbocycles. The third-order valence-electron chi connectivity index (χ3n) is 1.35. The SMILES string of the molecule is CCOC(=O)CN(C)c1ncns1. The summed E-state index contributed by atoms with van der Waals surface area (Å²) in [6, 6.07) is 0. The lowest BCUT2D eigenvalue weighted by Gasteiger charge is -2.12. The molecule has 0 unspecified atom stereocenters. The van der Waals surface area contributed by atoms with Crippen LogP contribution in [0.2, 0.25) is 0 Å². The smallest absolute Gasteiger partial charge is 0.325 e. The average molecular weight is 201 g/mol. The Labute approximate surface area is 80.5 Å². The second-order valence-electron chi connectivity index (χ2n) is 2.38. The van der Waals surface area contributed by atoms with Gasteiger partial charge in [-0.3, -0.25) is 4.79 Å². The molecule has 0 saturated carbocycles. The van der Waals surface area contributed by atoms with Crippen LogP contribution in [0.15, 0.2) is 6.33 Å². The van der Waals surface area contributed by atoms with Crippen LogP contribution in [0.5, 0.6) is 0 Å². The fourth-order valence-corrected chi connectivity index (χ4v) is 1.29. The molecule has 0 atom stereocenters. The number of nitrogens with zero attached hydrogens (tertiary/aromatic N) is 3. The van der Waals surface area contributed by atoms with E-state index in [1.807, 2.05) is 0 Å². The van der Waals surface area contributed by atoms with Gasteiger partial charge in [-0.1, -0.05) is 0 Å². The van der Waals surface area contributed by atoms with Crippen molar-refractivity contribution >= 4 is 22.6 Å². The largest absolute Gasteiger partial charge is 0.465 e. The van der Waals surface area contributed by atoms with Crippen LogP contribution in [0.25, 0.3) is 0 Å². The van der Waals surface area contributed by atoms with E-state index in [2.05, 4.69) is 9.36 Å². The van der Waals surface area contributed by atoms with Crippen molar-refractivity contribution in [3.63, 3.8) is 0 Å². The van der Waals surface area contributed by atoms with E-state index >= 15 is 0 Å². The molecule has 0 spiro atoms. The van der Waals surface area contributed by atoms with E-state index in [4.69, 9.17) is 4.74 Å². The van der Waals surface area contributed by atoms with Crippen molar-refractivity contribution in [2.75, 3.05) is 25.1 Å². The van der Waals surface area contributed by atoms with Gasteiger partial charge in [0.15, 0.2) is 0 Å². The Morgan fingerprint density at radius 3 is 3.08 bits per heavy atom. The summed E-state index contributed by atoms with van der Waals surface area (Å²) in [4.78, 5) is 16.7. The Morgan fingerprint density at radius 2 is 2.54 bits per heavy atom. The molecule has 0 amide bonds. The van der Waals surface area contributed by atoms with E-state index in [1.54, 1.807) is 18.9 Å². The molecule has 0 saturated heterocycles. The summed E-state index contributed by atoms with van der Waals surface area (Å²) in [7, 11) is 1.78. The highest BCUT2D eigenvalue weighted by Gasteiger charge is 2.09. The van der Waals surface area contributed by atoms with Crippen molar-refractivity contribution in [2.45, 2.75) is 6.92 Å². The second kappa shape index (κ2) is 4.76. The molecule has 5 nitrogen and oxygen atoms in total. The van der Waals surface area contributed by atoms with Gasteiger partial charge >= 0.3 is 5.97 Å². The van der Waals surface area contributed by atoms with Crippen molar-refractivity contribution < 1.29 is 9.53 Å². The molecule has 0 fully saturated rings. The number of esters is 1. The molecule has 1 aromatic rings. The van der Waals surface area contributed by atoms with Crippen molar-refractivity contribution in [2.24, 2.45) is 0 Å². The summed E-state index contributed by atoms with van der Waals surface area (Å²) in [5.74, 6) is -0.250. The van der Waals surface area contributed by atoms with Gasteiger partial charge in [0.2, 0.25) is 5.13 Å². The Hall–Kier alpha value is -1.17. The van der Waals surface area contributed by atoms with Gasteiger partial charge in [0.05, 0.1) is 6.61 Å². The molecule has 0 N–H and O–H groups in total. The zero-order chi connectivity index (χ0) is 9.68. The van der Waals surface area contributed by atoms with Crippen LogP contribution in [-0.4, -0.2) is 35.5 Å². The second-order valence-corrected chi connectivity index (χ2v) is 3.14. The Balaban J connectivity index is 2.42. The molecule has 1 aromatic heterocycles. The molecule has 13 heavy (non-hydrogen) atoms. The number of likely N-dealkylation sites (N-methyl/N-ethyl adjacent to an activating group) is 1. The minimum atomic E-state index is -0.250. The number of carbonyl (C=O) groups excluding carboxylic acids is 1. The van der Waals surface area contributed by atoms with Crippen molar-refractivity contribution in [3.05, 3.63) is 6.33 Å². The van der Waals surface area contributed by atoms with Gasteiger partial charge in [-0.2, -0.15) is 4.37 Å². The van der Waals surface area contributed by atoms with Crippen LogP contribution in [0.3, 0.4) is 0 Å². The van der Waals surface area contributed by atoms with Crippen molar-refractivity contribution in [1.82, 2.24) is 9.36 Å². The number of hydrogen-bond acceptors (Lipinski definition) is 6. The van der Waals surface area contributed by atoms with Crippen LogP contribution in [-0.2, 0) is 9.53 Å². The maximum Gasteiger partial charge on any atom is 0.325 e. The van der Waals surface area contributed by atoms with Gasteiger partial charge in [0, 0.05) is 18.6 Å². The lowest BCUT2D eigenvalue weighted by molar-refractivity contribution is -0.141. The number of hydrogen-bond donors (Lipinski definition) is 0. The molecule has 0 aliphatic rings. The molecule has 0 aliphatic heterocycles. The van der Waals surface area contributed by atoms with E-state index < -0.39 is 0 Å². The highest BCUT2D eigenvalue weighted by molar-refractivity contribution is 7.09. The topological polar surface area (TPSA) is 55.3 Å². The molecule has 0 aromatic carbocycles. The highest BCUT2D eigenvalue weighted by atomic mass is 32.1. The first-order valence-electron chi connectivity index (χ1n) is 3.87. The normalized spacial score (nSPS) is 9.69. The fourth-order valence-electron chi connectivity index (χ4n) is 0.803. The van der Waals surface area contributed by atoms with Gasteiger partial charge in [0.1, 0.15) is 12.9 Å². The molecular formula is C7H11N3O2S. The Kier molecular flexibility index (Phi) is 3.63. The standard InChI is InChI=1S/C7H11N3O2S/c1-3-12-6(11)4-10(2)7-8-5-9-13-7/h5H,3-4H2,1-2H3. The molecule has 1 rings (SSSR count). The highest BCUT2D eigenvalue weighted by Crippen LogP contribution is 2.11. The number of aromatic nitrogens is 2. The van der Waals surface area contributed by atoms with Crippen LogP contribution < -0.4 is 4.90 Å². The predicted octanol–water partition coefficient (Wildman–Crippen LogP) is 0.537. The summed E-state index contributed by atoms with van der Waals surface area (Å²) in [5, 5.41) is 0.716. The Morgan fingerprint density at radius 1 is 1.77 bits per heavy atom. The zero-order valence-electron chi connectivity index (χ0n) is 7.56. The summed E-state index contributed by atoms with van der Waals surface area (Å²) in [6.07, 6.45) is 1.46. The lowest BCUT2D eigenvalue weighted by Crippen LogP contribution is -2.26. The minimum Gasteiger partial charge on any atom is -0.465 e. The third-order valence-corrected chi connectivity index (χ3v) is 2.13. The van der Waals surface area contributed by atoms with Crippen LogP contribution in [0, 0.1) is 0 Å². The number of anilines is 1. The minimum absolute atomic E-state index is 0.211. The summed E-state index contributed by atoms with van der Waals surface area (Å²) >= 11 is 1.25. The van der Waals surface area contributed by atoms with Gasteiger partial charge in [-0.15, -0.1) is 0 Å². The van der Waals surface area contributed by atoms with E-state index in [1.165, 1.54) is 17.9 Å². The maximum absolute atomic E-state index is 11.0. The molecule has 0 bridgehead atoms.